The summed E-state index contributed by atoms with van der Waals surface area (Å²) >= 11 is 3.34. The summed E-state index contributed by atoms with van der Waals surface area (Å²) in [5.74, 6) is -2.95. The van der Waals surface area contributed by atoms with Gasteiger partial charge in [-0.1, -0.05) is 34.1 Å². The molecule has 6 nitrogen and oxygen atoms in total. The van der Waals surface area contributed by atoms with Crippen molar-refractivity contribution in [2.24, 2.45) is 5.41 Å². The van der Waals surface area contributed by atoms with Gasteiger partial charge in [-0.15, -0.1) is 0 Å². The number of carbonyl (C=O) groups excluding carboxylic acids is 3. The van der Waals surface area contributed by atoms with E-state index in [0.717, 1.165) is 4.47 Å². The van der Waals surface area contributed by atoms with E-state index in [-0.39, 0.29) is 6.42 Å². The van der Waals surface area contributed by atoms with Gasteiger partial charge in [0, 0.05) is 4.47 Å². The van der Waals surface area contributed by atoms with Crippen LogP contribution in [0.15, 0.2) is 40.4 Å². The minimum absolute atomic E-state index is 0.186. The average molecular weight is 411 g/mol. The first kappa shape index (κ1) is 19.2. The number of benzene rings is 1. The Hall–Kier alpha value is -2.15. The van der Waals surface area contributed by atoms with Crippen molar-refractivity contribution in [1.82, 2.24) is 0 Å². The van der Waals surface area contributed by atoms with Crippen molar-refractivity contribution >= 4 is 33.8 Å². The van der Waals surface area contributed by atoms with E-state index < -0.39 is 29.2 Å². The number of ether oxygens (including phenoxy) is 3. The van der Waals surface area contributed by atoms with Gasteiger partial charge in [0.05, 0.1) is 21.3 Å². The predicted molar refractivity (Wildman–Crippen MR) is 92.7 cm³/mol. The summed E-state index contributed by atoms with van der Waals surface area (Å²) in [7, 11) is 3.67. The first-order chi connectivity index (χ1) is 11.9. The zero-order valence-electron chi connectivity index (χ0n) is 14.2. The van der Waals surface area contributed by atoms with E-state index in [1.807, 2.05) is 0 Å². The molecule has 0 aliphatic heterocycles. The quantitative estimate of drug-likeness (QED) is 0.321. The van der Waals surface area contributed by atoms with Crippen molar-refractivity contribution in [2.45, 2.75) is 18.8 Å². The predicted octanol–water partition coefficient (Wildman–Crippen LogP) is 2.76. The van der Waals surface area contributed by atoms with E-state index in [0.29, 0.717) is 17.6 Å². The van der Waals surface area contributed by atoms with E-state index in [1.165, 1.54) is 21.3 Å². The number of methoxy groups -OCH3 is 3. The molecule has 134 valence electrons. The number of esters is 3. The van der Waals surface area contributed by atoms with Crippen molar-refractivity contribution in [2.75, 3.05) is 21.3 Å². The van der Waals surface area contributed by atoms with Crippen LogP contribution in [0.5, 0.6) is 0 Å². The maximum absolute atomic E-state index is 12.5. The number of allylic oxidation sites excluding steroid dienone is 1. The first-order valence-corrected chi connectivity index (χ1v) is 8.42. The molecule has 0 bridgehead atoms. The first-order valence-electron chi connectivity index (χ1n) is 7.63. The van der Waals surface area contributed by atoms with Crippen LogP contribution in [-0.4, -0.2) is 39.2 Å². The zero-order valence-corrected chi connectivity index (χ0v) is 15.8. The van der Waals surface area contributed by atoms with Crippen molar-refractivity contribution in [3.63, 3.8) is 0 Å². The summed E-state index contributed by atoms with van der Waals surface area (Å²) in [6.07, 6.45) is 2.35. The topological polar surface area (TPSA) is 78.9 Å². The molecule has 0 spiro atoms. The highest BCUT2D eigenvalue weighted by atomic mass is 79.9. The molecular formula is C18H19BrO6. The van der Waals surface area contributed by atoms with Crippen LogP contribution in [0.4, 0.5) is 0 Å². The summed E-state index contributed by atoms with van der Waals surface area (Å²) in [6.45, 7) is 0. The summed E-state index contributed by atoms with van der Waals surface area (Å²) in [5, 5.41) is 0. The third-order valence-corrected chi connectivity index (χ3v) is 4.92. The number of hydrogen-bond acceptors (Lipinski definition) is 6. The molecule has 1 aromatic carbocycles. The Morgan fingerprint density at radius 3 is 2.04 bits per heavy atom. The molecule has 0 saturated carbocycles. The molecule has 0 saturated heterocycles. The van der Waals surface area contributed by atoms with Crippen molar-refractivity contribution < 1.29 is 28.6 Å². The molecule has 25 heavy (non-hydrogen) atoms. The highest BCUT2D eigenvalue weighted by Gasteiger charge is 2.56. The number of halogens is 1. The zero-order chi connectivity index (χ0) is 18.6. The Labute approximate surface area is 154 Å². The van der Waals surface area contributed by atoms with Crippen LogP contribution in [-0.2, 0) is 28.6 Å². The lowest BCUT2D eigenvalue weighted by atomic mass is 9.73. The molecule has 0 aromatic heterocycles. The molecule has 0 N–H and O–H groups in total. The molecule has 0 heterocycles. The van der Waals surface area contributed by atoms with E-state index in [2.05, 4.69) is 15.9 Å². The molecule has 1 aromatic rings. The average Bonchev–Trinajstić information content (AvgIpc) is 3.07. The summed E-state index contributed by atoms with van der Waals surface area (Å²) in [4.78, 5) is 37.6. The SMILES string of the molecule is COC(=O)[C@@H](C1=CCCC1(C(=O)OC)C(=O)OC)c1ccc(Br)cc1. The molecule has 1 aliphatic carbocycles. The van der Waals surface area contributed by atoms with Crippen LogP contribution in [0.3, 0.4) is 0 Å². The standard InChI is InChI=1S/C18H19BrO6/c1-23-15(20)14(11-6-8-12(19)9-7-11)13-5-4-10-18(13,16(21)24-2)17(22)25-3/h5-9,14H,4,10H2,1-3H3/t14-/m1/s1. The smallest absolute Gasteiger partial charge is 0.327 e. The second-order valence-corrected chi connectivity index (χ2v) is 6.51. The van der Waals surface area contributed by atoms with Gasteiger partial charge >= 0.3 is 17.9 Å². The number of hydrogen-bond donors (Lipinski definition) is 0. The highest BCUT2D eigenvalue weighted by molar-refractivity contribution is 9.10. The van der Waals surface area contributed by atoms with E-state index >= 15 is 0 Å². The molecule has 7 heteroatoms. The van der Waals surface area contributed by atoms with E-state index in [9.17, 15) is 14.4 Å². The van der Waals surface area contributed by atoms with Crippen LogP contribution in [0.1, 0.15) is 24.3 Å². The van der Waals surface area contributed by atoms with Gasteiger partial charge in [-0.05, 0) is 36.1 Å². The van der Waals surface area contributed by atoms with Gasteiger partial charge in [0.25, 0.3) is 0 Å². The molecule has 0 fully saturated rings. The monoisotopic (exact) mass is 410 g/mol. The summed E-state index contributed by atoms with van der Waals surface area (Å²) < 4.78 is 15.5. The number of carbonyl (C=O) groups is 3. The fourth-order valence-corrected chi connectivity index (χ4v) is 3.48. The van der Waals surface area contributed by atoms with Gasteiger partial charge < -0.3 is 14.2 Å². The molecule has 2 rings (SSSR count). The normalized spacial score (nSPS) is 16.6. The van der Waals surface area contributed by atoms with Crippen LogP contribution in [0, 0.1) is 5.41 Å². The van der Waals surface area contributed by atoms with Gasteiger partial charge in [0.2, 0.25) is 0 Å². The third kappa shape index (κ3) is 3.33. The second-order valence-electron chi connectivity index (χ2n) is 5.59. The van der Waals surface area contributed by atoms with Crippen LogP contribution in [0.2, 0.25) is 0 Å². The van der Waals surface area contributed by atoms with Gasteiger partial charge in [0.1, 0.15) is 5.92 Å². The van der Waals surface area contributed by atoms with Crippen LogP contribution >= 0.6 is 15.9 Å². The summed E-state index contributed by atoms with van der Waals surface area (Å²) in [6, 6.07) is 7.03. The Morgan fingerprint density at radius 1 is 1.00 bits per heavy atom. The second kappa shape index (κ2) is 7.82. The molecule has 0 amide bonds. The largest absolute Gasteiger partial charge is 0.468 e. The Balaban J connectivity index is 2.62. The number of rotatable bonds is 5. The van der Waals surface area contributed by atoms with Crippen molar-refractivity contribution in [1.29, 1.82) is 0 Å². The highest BCUT2D eigenvalue weighted by Crippen LogP contribution is 2.48. The van der Waals surface area contributed by atoms with Crippen LogP contribution < -0.4 is 0 Å². The van der Waals surface area contributed by atoms with Gasteiger partial charge in [0.15, 0.2) is 5.41 Å². The lowest BCUT2D eigenvalue weighted by Gasteiger charge is -2.30. The van der Waals surface area contributed by atoms with E-state index in [4.69, 9.17) is 14.2 Å². The van der Waals surface area contributed by atoms with Gasteiger partial charge in [-0.2, -0.15) is 0 Å². The van der Waals surface area contributed by atoms with Crippen molar-refractivity contribution in [3.8, 4) is 0 Å². The minimum Gasteiger partial charge on any atom is -0.468 e. The van der Waals surface area contributed by atoms with Crippen molar-refractivity contribution in [3.05, 3.63) is 46.0 Å². The maximum Gasteiger partial charge on any atom is 0.327 e. The Morgan fingerprint density at radius 2 is 1.56 bits per heavy atom. The lowest BCUT2D eigenvalue weighted by Crippen LogP contribution is -2.43. The maximum atomic E-state index is 12.5. The third-order valence-electron chi connectivity index (χ3n) is 4.40. The lowest BCUT2D eigenvalue weighted by molar-refractivity contribution is -0.166. The Bertz CT molecular complexity index is 691. The minimum atomic E-state index is -1.64. The summed E-state index contributed by atoms with van der Waals surface area (Å²) in [5.41, 5.74) is -0.698. The fraction of sp³-hybridized carbons (Fsp3) is 0.389. The molecule has 1 atom stereocenters. The van der Waals surface area contributed by atoms with Gasteiger partial charge in [-0.3, -0.25) is 14.4 Å². The van der Waals surface area contributed by atoms with Crippen LogP contribution in [0.25, 0.3) is 0 Å². The van der Waals surface area contributed by atoms with E-state index in [1.54, 1.807) is 30.3 Å². The Kier molecular flexibility index (Phi) is 6.00. The molecule has 0 radical (unpaired) electrons. The molecular weight excluding hydrogens is 392 g/mol. The molecule has 1 aliphatic rings. The molecule has 0 unspecified atom stereocenters. The fourth-order valence-electron chi connectivity index (χ4n) is 3.21. The van der Waals surface area contributed by atoms with Gasteiger partial charge in [-0.25, -0.2) is 0 Å².